The number of allylic oxidation sites excluding steroid dienone is 1. The average molecular weight is 240 g/mol. The van der Waals surface area contributed by atoms with Crippen molar-refractivity contribution in [3.63, 3.8) is 0 Å². The average Bonchev–Trinajstić information content (AvgIpc) is 2.40. The minimum absolute atomic E-state index is 0.0115. The normalized spacial score (nSPS) is 15.1. The Kier molecular flexibility index (Phi) is 3.44. The summed E-state index contributed by atoms with van der Waals surface area (Å²) in [5.41, 5.74) is 2.34. The number of anilines is 1. The number of nitriles is 1. The number of carbonyl (C=O) groups is 1. The van der Waals surface area contributed by atoms with E-state index < -0.39 is 5.97 Å². The Bertz CT molecular complexity index is 580. The molecule has 1 N–H and O–H groups in total. The molecule has 0 saturated carbocycles. The molecule has 90 valence electrons. The first-order valence-electron chi connectivity index (χ1n) is 5.62. The molecule has 0 unspecified atom stereocenters. The predicted octanol–water partition coefficient (Wildman–Crippen LogP) is 2.47. The minimum Gasteiger partial charge on any atom is -0.462 e. The van der Waals surface area contributed by atoms with Gasteiger partial charge in [-0.2, -0.15) is 5.26 Å². The van der Waals surface area contributed by atoms with Gasteiger partial charge >= 0.3 is 5.97 Å². The molecule has 0 saturated heterocycles. The highest BCUT2D eigenvalue weighted by Crippen LogP contribution is 2.25. The van der Waals surface area contributed by atoms with Crippen LogP contribution in [0.15, 0.2) is 41.6 Å². The Morgan fingerprint density at radius 1 is 1.39 bits per heavy atom. The lowest BCUT2D eigenvalue weighted by atomic mass is 10.1. The number of carbonyl (C=O) groups excluding carboxylic acids is 1. The van der Waals surface area contributed by atoms with E-state index in [1.165, 1.54) is 0 Å². The number of para-hydroxylation sites is 1. The topological polar surface area (TPSA) is 62.1 Å². The van der Waals surface area contributed by atoms with E-state index in [1.54, 1.807) is 13.0 Å². The second kappa shape index (κ2) is 5.19. The maximum absolute atomic E-state index is 11.6. The fourth-order valence-electron chi connectivity index (χ4n) is 1.68. The van der Waals surface area contributed by atoms with Crippen molar-refractivity contribution in [1.82, 2.24) is 0 Å². The number of hydrogen-bond acceptors (Lipinski definition) is 4. The third kappa shape index (κ3) is 2.25. The Balaban J connectivity index is 2.37. The molecule has 0 aromatic heterocycles. The van der Waals surface area contributed by atoms with E-state index in [0.29, 0.717) is 5.70 Å². The minimum atomic E-state index is -0.605. The molecule has 0 fully saturated rings. The van der Waals surface area contributed by atoms with E-state index in [4.69, 9.17) is 10.00 Å². The van der Waals surface area contributed by atoms with Gasteiger partial charge in [0.25, 0.3) is 0 Å². The number of benzene rings is 1. The van der Waals surface area contributed by atoms with Crippen molar-refractivity contribution >= 4 is 17.7 Å². The van der Waals surface area contributed by atoms with Crippen LogP contribution in [0.2, 0.25) is 0 Å². The number of rotatable bonds is 2. The maximum Gasteiger partial charge on any atom is 0.351 e. The standard InChI is InChI=1S/C14H12N2O2/c1-2-18-14(17)11(9-15)13-8-7-10-5-3-4-6-12(10)16-13/h3-8,16H,2H2,1H3/b13-11-. The van der Waals surface area contributed by atoms with E-state index in [9.17, 15) is 4.79 Å². The zero-order valence-electron chi connectivity index (χ0n) is 9.93. The zero-order chi connectivity index (χ0) is 13.0. The van der Waals surface area contributed by atoms with E-state index in [-0.39, 0.29) is 12.2 Å². The van der Waals surface area contributed by atoms with Crippen LogP contribution in [0.5, 0.6) is 0 Å². The van der Waals surface area contributed by atoms with E-state index >= 15 is 0 Å². The quantitative estimate of drug-likeness (QED) is 0.490. The van der Waals surface area contributed by atoms with Crippen molar-refractivity contribution in [2.75, 3.05) is 11.9 Å². The molecule has 0 atom stereocenters. The Morgan fingerprint density at radius 3 is 2.89 bits per heavy atom. The van der Waals surface area contributed by atoms with Crippen LogP contribution in [0.1, 0.15) is 12.5 Å². The molecule has 1 heterocycles. The van der Waals surface area contributed by atoms with Crippen molar-refractivity contribution in [1.29, 1.82) is 5.26 Å². The van der Waals surface area contributed by atoms with Crippen LogP contribution in [0.4, 0.5) is 5.69 Å². The molecule has 1 aromatic rings. The first-order chi connectivity index (χ1) is 8.76. The van der Waals surface area contributed by atoms with Gasteiger partial charge in [0.1, 0.15) is 6.07 Å². The molecule has 0 amide bonds. The van der Waals surface area contributed by atoms with Crippen molar-refractivity contribution < 1.29 is 9.53 Å². The van der Waals surface area contributed by atoms with Crippen LogP contribution in [-0.4, -0.2) is 12.6 Å². The smallest absolute Gasteiger partial charge is 0.351 e. The van der Waals surface area contributed by atoms with Crippen LogP contribution < -0.4 is 5.32 Å². The largest absolute Gasteiger partial charge is 0.462 e. The summed E-state index contributed by atoms with van der Waals surface area (Å²) in [6.07, 6.45) is 3.57. The number of hydrogen-bond donors (Lipinski definition) is 1. The lowest BCUT2D eigenvalue weighted by Crippen LogP contribution is -2.13. The van der Waals surface area contributed by atoms with E-state index in [2.05, 4.69) is 5.32 Å². The van der Waals surface area contributed by atoms with Crippen LogP contribution in [-0.2, 0) is 9.53 Å². The summed E-state index contributed by atoms with van der Waals surface area (Å²) in [5, 5.41) is 12.1. The van der Waals surface area contributed by atoms with E-state index in [0.717, 1.165) is 11.3 Å². The second-order valence-electron chi connectivity index (χ2n) is 3.67. The predicted molar refractivity (Wildman–Crippen MR) is 68.4 cm³/mol. The third-order valence-corrected chi connectivity index (χ3v) is 2.52. The van der Waals surface area contributed by atoms with Gasteiger partial charge in [-0.25, -0.2) is 4.79 Å². The van der Waals surface area contributed by atoms with Crippen LogP contribution in [0.25, 0.3) is 6.08 Å². The summed E-state index contributed by atoms with van der Waals surface area (Å²) in [7, 11) is 0. The molecule has 1 aliphatic heterocycles. The summed E-state index contributed by atoms with van der Waals surface area (Å²) in [5.74, 6) is -0.605. The monoisotopic (exact) mass is 240 g/mol. The Hall–Kier alpha value is -2.54. The summed E-state index contributed by atoms with van der Waals surface area (Å²) < 4.78 is 4.84. The molecule has 4 heteroatoms. The van der Waals surface area contributed by atoms with E-state index in [1.807, 2.05) is 36.4 Å². The van der Waals surface area contributed by atoms with Gasteiger partial charge in [0.05, 0.1) is 12.3 Å². The van der Waals surface area contributed by atoms with Gasteiger partial charge in [-0.3, -0.25) is 0 Å². The lowest BCUT2D eigenvalue weighted by molar-refractivity contribution is -0.138. The molecule has 0 aliphatic carbocycles. The van der Waals surface area contributed by atoms with Crippen molar-refractivity contribution in [3.8, 4) is 6.07 Å². The summed E-state index contributed by atoms with van der Waals surface area (Å²) in [6, 6.07) is 9.53. The first-order valence-corrected chi connectivity index (χ1v) is 5.62. The van der Waals surface area contributed by atoms with Crippen molar-refractivity contribution in [2.45, 2.75) is 6.92 Å². The van der Waals surface area contributed by atoms with Gasteiger partial charge in [0, 0.05) is 5.69 Å². The molecule has 18 heavy (non-hydrogen) atoms. The van der Waals surface area contributed by atoms with Crippen molar-refractivity contribution in [2.24, 2.45) is 0 Å². The molecular weight excluding hydrogens is 228 g/mol. The number of esters is 1. The highest BCUT2D eigenvalue weighted by Gasteiger charge is 2.17. The summed E-state index contributed by atoms with van der Waals surface area (Å²) in [6.45, 7) is 1.95. The molecule has 2 rings (SSSR count). The van der Waals surface area contributed by atoms with Crippen LogP contribution in [0, 0.1) is 11.3 Å². The highest BCUT2D eigenvalue weighted by molar-refractivity contribution is 5.96. The fourth-order valence-corrected chi connectivity index (χ4v) is 1.68. The Morgan fingerprint density at radius 2 is 2.17 bits per heavy atom. The molecule has 1 aliphatic rings. The third-order valence-electron chi connectivity index (χ3n) is 2.52. The molecule has 0 bridgehead atoms. The van der Waals surface area contributed by atoms with Gasteiger partial charge in [-0.1, -0.05) is 24.3 Å². The van der Waals surface area contributed by atoms with Crippen LogP contribution in [0.3, 0.4) is 0 Å². The van der Waals surface area contributed by atoms with Crippen molar-refractivity contribution in [3.05, 3.63) is 47.2 Å². The number of nitrogens with one attached hydrogen (secondary N) is 1. The fraction of sp³-hybridized carbons (Fsp3) is 0.143. The van der Waals surface area contributed by atoms with Gasteiger partial charge in [-0.15, -0.1) is 0 Å². The second-order valence-corrected chi connectivity index (χ2v) is 3.67. The highest BCUT2D eigenvalue weighted by atomic mass is 16.5. The molecule has 0 radical (unpaired) electrons. The SMILES string of the molecule is CCOC(=O)/C(C#N)=C1/C=Cc2ccccc2N1. The summed E-state index contributed by atoms with van der Waals surface area (Å²) >= 11 is 0. The molecule has 4 nitrogen and oxygen atoms in total. The van der Waals surface area contributed by atoms with Gasteiger partial charge < -0.3 is 10.1 Å². The molecule has 0 spiro atoms. The number of ether oxygens (including phenoxy) is 1. The lowest BCUT2D eigenvalue weighted by Gasteiger charge is -2.16. The van der Waals surface area contributed by atoms with Gasteiger partial charge in [-0.05, 0) is 24.6 Å². The first kappa shape index (κ1) is 11.9. The number of nitrogens with zero attached hydrogens (tertiary/aromatic N) is 1. The zero-order valence-corrected chi connectivity index (χ0v) is 9.93. The maximum atomic E-state index is 11.6. The number of fused-ring (bicyclic) bond motifs is 1. The van der Waals surface area contributed by atoms with Crippen LogP contribution >= 0.6 is 0 Å². The summed E-state index contributed by atoms with van der Waals surface area (Å²) in [4.78, 5) is 11.6. The van der Waals surface area contributed by atoms with Gasteiger partial charge in [0.2, 0.25) is 0 Å². The van der Waals surface area contributed by atoms with Gasteiger partial charge in [0.15, 0.2) is 5.57 Å². The Labute approximate surface area is 105 Å². The molecular formula is C14H12N2O2. The molecule has 1 aromatic carbocycles.